The molecule has 2 fully saturated rings. The fraction of sp³-hybridized carbons (Fsp3) is 1.00. The van der Waals surface area contributed by atoms with E-state index in [2.05, 4.69) is 21.2 Å². The largest absolute Gasteiger partial charge is 0.315 e. The third-order valence-electron chi connectivity index (χ3n) is 1.97. The van der Waals surface area contributed by atoms with Crippen molar-refractivity contribution in [2.24, 2.45) is 5.92 Å². The Morgan fingerprint density at radius 1 is 1.71 bits per heavy atom. The molecule has 2 unspecified atom stereocenters. The van der Waals surface area contributed by atoms with E-state index in [0.29, 0.717) is 4.32 Å². The highest BCUT2D eigenvalue weighted by molar-refractivity contribution is 9.10. The predicted molar refractivity (Wildman–Crippen MR) is 32.6 cm³/mol. The molecule has 40 valence electrons. The summed E-state index contributed by atoms with van der Waals surface area (Å²) in [4.78, 5) is 0. The van der Waals surface area contributed by atoms with Crippen LogP contribution in [0.2, 0.25) is 0 Å². The minimum Gasteiger partial charge on any atom is -0.315 e. The standard InChI is InChI=1S/C5H8BrN/c6-5-1-4(5)2-7-3-5/h4,7H,1-3H2. The molecule has 0 radical (unpaired) electrons. The molecule has 0 spiro atoms. The van der Waals surface area contributed by atoms with Gasteiger partial charge in [-0.15, -0.1) is 0 Å². The van der Waals surface area contributed by atoms with Gasteiger partial charge < -0.3 is 5.32 Å². The molecule has 2 heteroatoms. The van der Waals surface area contributed by atoms with Crippen LogP contribution in [0.25, 0.3) is 0 Å². The molecule has 2 atom stereocenters. The van der Waals surface area contributed by atoms with E-state index in [1.54, 1.807) is 0 Å². The van der Waals surface area contributed by atoms with Gasteiger partial charge in [-0.25, -0.2) is 0 Å². The number of nitrogens with one attached hydrogen (secondary N) is 1. The number of piperidine rings is 1. The minimum absolute atomic E-state index is 0.562. The molecule has 1 nitrogen and oxygen atoms in total. The van der Waals surface area contributed by atoms with E-state index in [0.717, 1.165) is 5.92 Å². The average Bonchev–Trinajstić information content (AvgIpc) is 2.09. The molecule has 1 aliphatic carbocycles. The van der Waals surface area contributed by atoms with Gasteiger partial charge in [0, 0.05) is 10.9 Å². The van der Waals surface area contributed by atoms with Gasteiger partial charge in [-0.1, -0.05) is 15.9 Å². The number of rotatable bonds is 0. The molecule has 1 aliphatic heterocycles. The molecular formula is C5H8BrN. The van der Waals surface area contributed by atoms with Gasteiger partial charge in [-0.2, -0.15) is 0 Å². The fourth-order valence-corrected chi connectivity index (χ4v) is 2.03. The Labute approximate surface area is 51.6 Å². The second-order valence-electron chi connectivity index (χ2n) is 2.57. The van der Waals surface area contributed by atoms with Gasteiger partial charge in [0.05, 0.1) is 0 Å². The van der Waals surface area contributed by atoms with E-state index >= 15 is 0 Å². The predicted octanol–water partition coefficient (Wildman–Crippen LogP) is 0.743. The van der Waals surface area contributed by atoms with E-state index in [1.165, 1.54) is 19.5 Å². The summed E-state index contributed by atoms with van der Waals surface area (Å²) in [7, 11) is 0. The van der Waals surface area contributed by atoms with Gasteiger partial charge in [-0.05, 0) is 18.9 Å². The van der Waals surface area contributed by atoms with Crippen molar-refractivity contribution in [2.75, 3.05) is 13.1 Å². The summed E-state index contributed by atoms with van der Waals surface area (Å²) in [5, 5.41) is 3.32. The van der Waals surface area contributed by atoms with E-state index in [1.807, 2.05) is 0 Å². The van der Waals surface area contributed by atoms with Crippen molar-refractivity contribution in [3.05, 3.63) is 0 Å². The molecule has 1 N–H and O–H groups in total. The van der Waals surface area contributed by atoms with Crippen molar-refractivity contribution in [1.29, 1.82) is 0 Å². The second-order valence-corrected chi connectivity index (χ2v) is 4.15. The van der Waals surface area contributed by atoms with E-state index in [9.17, 15) is 0 Å². The van der Waals surface area contributed by atoms with Crippen LogP contribution in [0.3, 0.4) is 0 Å². The summed E-state index contributed by atoms with van der Waals surface area (Å²) in [5.41, 5.74) is 0. The Morgan fingerprint density at radius 2 is 2.57 bits per heavy atom. The zero-order valence-corrected chi connectivity index (χ0v) is 5.66. The van der Waals surface area contributed by atoms with Crippen molar-refractivity contribution in [1.82, 2.24) is 5.32 Å². The Kier molecular flexibility index (Phi) is 0.653. The molecule has 2 aliphatic rings. The molecule has 7 heavy (non-hydrogen) atoms. The molecule has 0 aromatic heterocycles. The van der Waals surface area contributed by atoms with E-state index < -0.39 is 0 Å². The normalized spacial score (nSPS) is 57.0. The van der Waals surface area contributed by atoms with Crippen LogP contribution >= 0.6 is 15.9 Å². The molecule has 1 saturated heterocycles. The summed E-state index contributed by atoms with van der Waals surface area (Å²) < 4.78 is 0.562. The quantitative estimate of drug-likeness (QED) is 0.518. The van der Waals surface area contributed by atoms with Crippen LogP contribution in [0.15, 0.2) is 0 Å². The lowest BCUT2D eigenvalue weighted by Crippen LogP contribution is -2.15. The van der Waals surface area contributed by atoms with Crippen LogP contribution in [0.1, 0.15) is 6.42 Å². The molecule has 0 bridgehead atoms. The molecule has 0 aromatic rings. The number of alkyl halides is 1. The van der Waals surface area contributed by atoms with Crippen LogP contribution in [0, 0.1) is 5.92 Å². The summed E-state index contributed by atoms with van der Waals surface area (Å²) in [6.07, 6.45) is 1.40. The molecule has 1 heterocycles. The maximum absolute atomic E-state index is 3.65. The van der Waals surface area contributed by atoms with Crippen LogP contribution in [-0.4, -0.2) is 17.4 Å². The fourth-order valence-electron chi connectivity index (χ4n) is 1.28. The van der Waals surface area contributed by atoms with Crippen LogP contribution in [0.4, 0.5) is 0 Å². The highest BCUT2D eigenvalue weighted by Crippen LogP contribution is 2.53. The lowest BCUT2D eigenvalue weighted by molar-refractivity contribution is 0.741. The first-order valence-electron chi connectivity index (χ1n) is 2.71. The first-order valence-corrected chi connectivity index (χ1v) is 3.50. The highest BCUT2D eigenvalue weighted by atomic mass is 79.9. The zero-order valence-electron chi connectivity index (χ0n) is 4.08. The van der Waals surface area contributed by atoms with Gasteiger partial charge in [0.2, 0.25) is 0 Å². The van der Waals surface area contributed by atoms with E-state index in [4.69, 9.17) is 0 Å². The average molecular weight is 162 g/mol. The summed E-state index contributed by atoms with van der Waals surface area (Å²) >= 11 is 3.65. The van der Waals surface area contributed by atoms with Crippen LogP contribution in [0.5, 0.6) is 0 Å². The Morgan fingerprint density at radius 3 is 2.71 bits per heavy atom. The second kappa shape index (κ2) is 1.06. The third-order valence-corrected chi connectivity index (χ3v) is 3.22. The topological polar surface area (TPSA) is 12.0 Å². The minimum atomic E-state index is 0.562. The molecular weight excluding hydrogens is 154 g/mol. The number of fused-ring (bicyclic) bond motifs is 1. The smallest absolute Gasteiger partial charge is 0.0426 e. The summed E-state index contributed by atoms with van der Waals surface area (Å²) in [5.74, 6) is 0.965. The monoisotopic (exact) mass is 161 g/mol. The molecule has 2 rings (SSSR count). The van der Waals surface area contributed by atoms with Crippen LogP contribution < -0.4 is 5.32 Å². The SMILES string of the molecule is BrC12CNCC1C2. The van der Waals surface area contributed by atoms with Crippen molar-refractivity contribution in [3.63, 3.8) is 0 Å². The number of halogens is 1. The summed E-state index contributed by atoms with van der Waals surface area (Å²) in [6.45, 7) is 2.43. The van der Waals surface area contributed by atoms with Crippen molar-refractivity contribution < 1.29 is 0 Å². The number of hydrogen-bond donors (Lipinski definition) is 1. The first kappa shape index (κ1) is 4.33. The molecule has 1 saturated carbocycles. The van der Waals surface area contributed by atoms with Crippen molar-refractivity contribution in [2.45, 2.75) is 10.7 Å². The zero-order chi connectivity index (χ0) is 4.91. The maximum atomic E-state index is 3.65. The van der Waals surface area contributed by atoms with Gasteiger partial charge in [0.15, 0.2) is 0 Å². The highest BCUT2D eigenvalue weighted by Gasteiger charge is 2.55. The summed E-state index contributed by atoms with van der Waals surface area (Å²) in [6, 6.07) is 0. The first-order chi connectivity index (χ1) is 3.31. The van der Waals surface area contributed by atoms with Crippen molar-refractivity contribution in [3.8, 4) is 0 Å². The molecule has 0 aromatic carbocycles. The lowest BCUT2D eigenvalue weighted by Gasteiger charge is -1.95. The molecule has 0 amide bonds. The van der Waals surface area contributed by atoms with Crippen LogP contribution in [-0.2, 0) is 0 Å². The van der Waals surface area contributed by atoms with Gasteiger partial charge in [0.1, 0.15) is 0 Å². The van der Waals surface area contributed by atoms with Crippen molar-refractivity contribution >= 4 is 15.9 Å². The Balaban J connectivity index is 2.17. The Hall–Kier alpha value is 0.440. The van der Waals surface area contributed by atoms with Gasteiger partial charge in [0.25, 0.3) is 0 Å². The third kappa shape index (κ3) is 0.470. The Bertz CT molecular complexity index is 102. The van der Waals surface area contributed by atoms with E-state index in [-0.39, 0.29) is 0 Å². The lowest BCUT2D eigenvalue weighted by atomic mass is 10.4. The maximum Gasteiger partial charge on any atom is 0.0426 e. The van der Waals surface area contributed by atoms with Gasteiger partial charge >= 0.3 is 0 Å². The van der Waals surface area contributed by atoms with Gasteiger partial charge in [-0.3, -0.25) is 0 Å². The number of hydrogen-bond acceptors (Lipinski definition) is 1.